The molecule has 2 aliphatic rings. The third kappa shape index (κ3) is 6.90. The van der Waals surface area contributed by atoms with Gasteiger partial charge in [0.25, 0.3) is 0 Å². The minimum atomic E-state index is -0.357. The van der Waals surface area contributed by atoms with Crippen LogP contribution in [0.2, 0.25) is 0 Å². The lowest BCUT2D eigenvalue weighted by atomic mass is 9.80. The van der Waals surface area contributed by atoms with Crippen LogP contribution in [-0.2, 0) is 19.2 Å². The first-order valence-electron chi connectivity index (χ1n) is 10.5. The predicted molar refractivity (Wildman–Crippen MR) is 111 cm³/mol. The van der Waals surface area contributed by atoms with Crippen molar-refractivity contribution in [2.45, 2.75) is 71.0 Å². The summed E-state index contributed by atoms with van der Waals surface area (Å²) >= 11 is 1.42. The van der Waals surface area contributed by atoms with Gasteiger partial charge in [-0.15, -0.1) is 11.8 Å². The Morgan fingerprint density at radius 1 is 1.18 bits per heavy atom. The van der Waals surface area contributed by atoms with E-state index >= 15 is 0 Å². The molecule has 1 atom stereocenters. The van der Waals surface area contributed by atoms with E-state index in [2.05, 4.69) is 19.2 Å². The van der Waals surface area contributed by atoms with Crippen molar-refractivity contribution in [3.8, 4) is 0 Å². The van der Waals surface area contributed by atoms with E-state index in [9.17, 15) is 19.2 Å². The lowest BCUT2D eigenvalue weighted by Gasteiger charge is -2.29. The van der Waals surface area contributed by atoms with Crippen LogP contribution in [0.25, 0.3) is 0 Å². The smallest absolute Gasteiger partial charge is 0.242 e. The van der Waals surface area contributed by atoms with Crippen molar-refractivity contribution in [1.82, 2.24) is 10.2 Å². The zero-order chi connectivity index (χ0) is 20.7. The minimum absolute atomic E-state index is 0.00371. The van der Waals surface area contributed by atoms with E-state index in [1.165, 1.54) is 16.7 Å². The molecule has 0 aromatic carbocycles. The fraction of sp³-hybridized carbons (Fsp3) is 0.810. The molecule has 28 heavy (non-hydrogen) atoms. The van der Waals surface area contributed by atoms with Crippen LogP contribution in [0.15, 0.2) is 0 Å². The van der Waals surface area contributed by atoms with Gasteiger partial charge in [-0.3, -0.25) is 24.1 Å². The fourth-order valence-corrected chi connectivity index (χ4v) is 4.99. The summed E-state index contributed by atoms with van der Waals surface area (Å²) in [4.78, 5) is 49.7. The zero-order valence-corrected chi connectivity index (χ0v) is 18.2. The molecule has 1 heterocycles. The normalized spacial score (nSPS) is 25.4. The molecule has 1 N–H and O–H groups in total. The Morgan fingerprint density at radius 3 is 2.46 bits per heavy atom. The van der Waals surface area contributed by atoms with Gasteiger partial charge < -0.3 is 5.32 Å². The van der Waals surface area contributed by atoms with Gasteiger partial charge in [0.05, 0.1) is 5.25 Å². The molecular formula is C21H34N2O4S. The lowest BCUT2D eigenvalue weighted by Crippen LogP contribution is -2.37. The molecule has 158 valence electrons. The number of thioether (sulfide) groups is 1. The average molecular weight is 411 g/mol. The first-order valence-corrected chi connectivity index (χ1v) is 11.6. The highest BCUT2D eigenvalue weighted by atomic mass is 32.2. The number of imide groups is 1. The van der Waals surface area contributed by atoms with Gasteiger partial charge in [-0.2, -0.15) is 0 Å². The number of amides is 3. The van der Waals surface area contributed by atoms with Crippen LogP contribution >= 0.6 is 11.8 Å². The Labute approximate surface area is 172 Å². The summed E-state index contributed by atoms with van der Waals surface area (Å²) in [7, 11) is 0. The van der Waals surface area contributed by atoms with Crippen molar-refractivity contribution in [3.05, 3.63) is 0 Å². The maximum Gasteiger partial charge on any atom is 0.242 e. The molecular weight excluding hydrogens is 376 g/mol. The molecule has 2 fully saturated rings. The number of ketones is 1. The standard InChI is InChI=1S/C21H34N2O4S/c1-14(2)8-10-22-19(25)9-11-28-18-12-20(26)23(21(18)27)13-16-4-6-17(7-5-16)15(3)24/h14,16-18H,4-13H2,1-3H3,(H,22,25). The Morgan fingerprint density at radius 2 is 1.86 bits per heavy atom. The van der Waals surface area contributed by atoms with E-state index < -0.39 is 0 Å². The number of nitrogens with one attached hydrogen (secondary N) is 1. The van der Waals surface area contributed by atoms with Gasteiger partial charge in [-0.25, -0.2) is 0 Å². The van der Waals surface area contributed by atoms with Crippen LogP contribution in [0.1, 0.15) is 65.7 Å². The summed E-state index contributed by atoms with van der Waals surface area (Å²) in [6.07, 6.45) is 5.08. The Bertz CT molecular complexity index is 585. The molecule has 7 heteroatoms. The highest BCUT2D eigenvalue weighted by Crippen LogP contribution is 2.32. The van der Waals surface area contributed by atoms with Crippen molar-refractivity contribution >= 4 is 35.3 Å². The topological polar surface area (TPSA) is 83.6 Å². The molecule has 1 saturated carbocycles. The number of nitrogens with zero attached hydrogens (tertiary/aromatic N) is 1. The Balaban J connectivity index is 1.70. The van der Waals surface area contributed by atoms with Gasteiger partial charge in [-0.05, 0) is 50.9 Å². The molecule has 0 spiro atoms. The van der Waals surface area contributed by atoms with Gasteiger partial charge in [0.2, 0.25) is 17.7 Å². The van der Waals surface area contributed by atoms with Crippen molar-refractivity contribution < 1.29 is 19.2 Å². The molecule has 0 radical (unpaired) electrons. The highest BCUT2D eigenvalue weighted by Gasteiger charge is 2.40. The fourth-order valence-electron chi connectivity index (χ4n) is 3.87. The van der Waals surface area contributed by atoms with Crippen LogP contribution in [0.5, 0.6) is 0 Å². The lowest BCUT2D eigenvalue weighted by molar-refractivity contribution is -0.139. The number of likely N-dealkylation sites (tertiary alicyclic amines) is 1. The SMILES string of the molecule is CC(=O)C1CCC(CN2C(=O)CC(SCCC(=O)NCCC(C)C)C2=O)CC1. The van der Waals surface area contributed by atoms with E-state index in [-0.39, 0.29) is 41.1 Å². The number of hydrogen-bond donors (Lipinski definition) is 1. The minimum Gasteiger partial charge on any atom is -0.356 e. The number of hydrogen-bond acceptors (Lipinski definition) is 5. The predicted octanol–water partition coefficient (Wildman–Crippen LogP) is 2.79. The number of carbonyl (C=O) groups is 4. The van der Waals surface area contributed by atoms with E-state index in [1.54, 1.807) is 6.92 Å². The Hall–Kier alpha value is -1.37. The van der Waals surface area contributed by atoms with Crippen LogP contribution in [0.4, 0.5) is 0 Å². The number of Topliss-reactive ketones (excluding diaryl/α,β-unsaturated/α-hetero) is 1. The second-order valence-electron chi connectivity index (χ2n) is 8.52. The van der Waals surface area contributed by atoms with Crippen LogP contribution in [0, 0.1) is 17.8 Å². The van der Waals surface area contributed by atoms with Crippen molar-refractivity contribution in [2.75, 3.05) is 18.8 Å². The monoisotopic (exact) mass is 410 g/mol. The maximum absolute atomic E-state index is 12.6. The number of rotatable bonds is 10. The third-order valence-corrected chi connectivity index (χ3v) is 6.97. The Kier molecular flexibility index (Phi) is 8.99. The largest absolute Gasteiger partial charge is 0.356 e. The van der Waals surface area contributed by atoms with Gasteiger partial charge in [-0.1, -0.05) is 13.8 Å². The van der Waals surface area contributed by atoms with E-state index in [1.807, 2.05) is 0 Å². The second kappa shape index (κ2) is 11.0. The molecule has 1 saturated heterocycles. The first-order chi connectivity index (χ1) is 13.3. The molecule has 2 rings (SSSR count). The summed E-state index contributed by atoms with van der Waals surface area (Å²) in [5, 5.41) is 2.54. The van der Waals surface area contributed by atoms with Gasteiger partial charge in [0.1, 0.15) is 5.78 Å². The van der Waals surface area contributed by atoms with Gasteiger partial charge in [0, 0.05) is 37.6 Å². The van der Waals surface area contributed by atoms with E-state index in [4.69, 9.17) is 0 Å². The molecule has 6 nitrogen and oxygen atoms in total. The third-order valence-electron chi connectivity index (χ3n) is 5.76. The van der Waals surface area contributed by atoms with E-state index in [0.717, 1.165) is 32.1 Å². The van der Waals surface area contributed by atoms with Gasteiger partial charge in [0.15, 0.2) is 0 Å². The van der Waals surface area contributed by atoms with Crippen LogP contribution in [-0.4, -0.2) is 52.5 Å². The molecule has 0 aromatic rings. The molecule has 0 aromatic heterocycles. The molecule has 1 unspecified atom stereocenters. The summed E-state index contributed by atoms with van der Waals surface area (Å²) in [6.45, 7) is 7.04. The molecule has 1 aliphatic heterocycles. The first kappa shape index (κ1) is 22.9. The van der Waals surface area contributed by atoms with Crippen molar-refractivity contribution in [1.29, 1.82) is 0 Å². The number of carbonyl (C=O) groups excluding carboxylic acids is 4. The van der Waals surface area contributed by atoms with Crippen molar-refractivity contribution in [3.63, 3.8) is 0 Å². The maximum atomic E-state index is 12.6. The zero-order valence-electron chi connectivity index (χ0n) is 17.4. The summed E-state index contributed by atoms with van der Waals surface area (Å²) < 4.78 is 0. The molecule has 0 bridgehead atoms. The summed E-state index contributed by atoms with van der Waals surface area (Å²) in [5.74, 6) is 1.60. The van der Waals surface area contributed by atoms with Crippen LogP contribution in [0.3, 0.4) is 0 Å². The van der Waals surface area contributed by atoms with Crippen molar-refractivity contribution in [2.24, 2.45) is 17.8 Å². The second-order valence-corrected chi connectivity index (χ2v) is 9.83. The quantitative estimate of drug-likeness (QED) is 0.560. The summed E-state index contributed by atoms with van der Waals surface area (Å²) in [6, 6.07) is 0. The van der Waals surface area contributed by atoms with Gasteiger partial charge >= 0.3 is 0 Å². The summed E-state index contributed by atoms with van der Waals surface area (Å²) in [5.41, 5.74) is 0. The molecule has 1 aliphatic carbocycles. The highest BCUT2D eigenvalue weighted by molar-refractivity contribution is 8.00. The van der Waals surface area contributed by atoms with Crippen LogP contribution < -0.4 is 5.32 Å². The molecule has 3 amide bonds. The average Bonchev–Trinajstić information content (AvgIpc) is 2.89. The van der Waals surface area contributed by atoms with E-state index in [0.29, 0.717) is 37.1 Å².